The van der Waals surface area contributed by atoms with Crippen LogP contribution in [0.4, 0.5) is 0 Å². The van der Waals surface area contributed by atoms with E-state index in [0.717, 1.165) is 38.5 Å². The Labute approximate surface area is 260 Å². The number of rotatable bonds is 33. The monoisotopic (exact) mass is 598 g/mol. The van der Waals surface area contributed by atoms with E-state index in [1.807, 2.05) is 0 Å². The second kappa shape index (κ2) is 32.8. The standard InChI is InChI=1S/C36H71NO5/c1-3-5-7-9-11-13-15-17-19-21-23-25-27-29-35(40)37-33(31-38)34(32-39)42-36(41)30-28-26-24-22-20-18-16-14-12-10-8-6-4-2/h33-34,38-39H,3-32H2,1-2H3,(H,37,40). The number of amides is 1. The van der Waals surface area contributed by atoms with Gasteiger partial charge in [0.05, 0.1) is 19.3 Å². The summed E-state index contributed by atoms with van der Waals surface area (Å²) in [6.07, 6.45) is 32.3. The van der Waals surface area contributed by atoms with Crippen LogP contribution in [0, 0.1) is 0 Å². The summed E-state index contributed by atoms with van der Waals surface area (Å²) < 4.78 is 5.42. The van der Waals surface area contributed by atoms with Gasteiger partial charge in [0.25, 0.3) is 0 Å². The van der Waals surface area contributed by atoms with E-state index >= 15 is 0 Å². The normalized spacial score (nSPS) is 12.8. The molecule has 0 aromatic carbocycles. The number of aliphatic hydroxyl groups is 2. The Kier molecular flexibility index (Phi) is 31.9. The van der Waals surface area contributed by atoms with E-state index in [-0.39, 0.29) is 18.5 Å². The summed E-state index contributed by atoms with van der Waals surface area (Å²) in [5, 5.41) is 22.2. The van der Waals surface area contributed by atoms with Crippen molar-refractivity contribution in [3.8, 4) is 0 Å². The molecule has 0 saturated heterocycles. The molecule has 2 unspecified atom stereocenters. The molecule has 6 nitrogen and oxygen atoms in total. The minimum atomic E-state index is -0.917. The highest BCUT2D eigenvalue weighted by atomic mass is 16.6. The van der Waals surface area contributed by atoms with Crippen molar-refractivity contribution in [2.24, 2.45) is 0 Å². The quantitative estimate of drug-likeness (QED) is 0.0517. The maximum atomic E-state index is 12.4. The van der Waals surface area contributed by atoms with Gasteiger partial charge >= 0.3 is 5.97 Å². The molecule has 0 aliphatic rings. The molecular weight excluding hydrogens is 526 g/mol. The van der Waals surface area contributed by atoms with Crippen LogP contribution >= 0.6 is 0 Å². The minimum absolute atomic E-state index is 0.164. The van der Waals surface area contributed by atoms with Gasteiger partial charge in [-0.2, -0.15) is 0 Å². The molecular formula is C36H71NO5. The van der Waals surface area contributed by atoms with E-state index in [9.17, 15) is 19.8 Å². The van der Waals surface area contributed by atoms with Gasteiger partial charge < -0.3 is 20.3 Å². The highest BCUT2D eigenvalue weighted by Crippen LogP contribution is 2.15. The van der Waals surface area contributed by atoms with E-state index in [4.69, 9.17) is 4.74 Å². The Morgan fingerprint density at radius 2 is 0.833 bits per heavy atom. The SMILES string of the molecule is CCCCCCCCCCCCCCCC(=O)NC(CO)C(CO)OC(=O)CCCCCCCCCCCCCCC. The zero-order chi connectivity index (χ0) is 30.9. The zero-order valence-electron chi connectivity index (χ0n) is 28.0. The number of nitrogens with one attached hydrogen (secondary N) is 1. The molecule has 0 aliphatic carbocycles. The van der Waals surface area contributed by atoms with Crippen LogP contribution < -0.4 is 5.32 Å². The first-order valence-corrected chi connectivity index (χ1v) is 18.3. The van der Waals surface area contributed by atoms with Crippen LogP contribution in [0.5, 0.6) is 0 Å². The van der Waals surface area contributed by atoms with Crippen LogP contribution in [0.15, 0.2) is 0 Å². The summed E-state index contributed by atoms with van der Waals surface area (Å²) in [4.78, 5) is 24.7. The smallest absolute Gasteiger partial charge is 0.306 e. The van der Waals surface area contributed by atoms with Gasteiger partial charge in [0.2, 0.25) is 5.91 Å². The lowest BCUT2D eigenvalue weighted by atomic mass is 10.0. The number of hydrogen-bond donors (Lipinski definition) is 3. The maximum Gasteiger partial charge on any atom is 0.306 e. The predicted molar refractivity (Wildman–Crippen MR) is 177 cm³/mol. The van der Waals surface area contributed by atoms with E-state index in [2.05, 4.69) is 19.2 Å². The van der Waals surface area contributed by atoms with E-state index in [1.54, 1.807) is 0 Å². The lowest BCUT2D eigenvalue weighted by Gasteiger charge is -2.25. The fourth-order valence-electron chi connectivity index (χ4n) is 5.60. The number of carbonyl (C=O) groups excluding carboxylic acids is 2. The predicted octanol–water partition coefficient (Wildman–Crippen LogP) is 9.33. The molecule has 1 amide bonds. The summed E-state index contributed by atoms with van der Waals surface area (Å²) in [6.45, 7) is 3.72. The molecule has 0 spiro atoms. The van der Waals surface area contributed by atoms with Gasteiger partial charge in [-0.15, -0.1) is 0 Å². The number of esters is 1. The summed E-state index contributed by atoms with van der Waals surface area (Å²) >= 11 is 0. The van der Waals surface area contributed by atoms with Crippen molar-refractivity contribution in [2.75, 3.05) is 13.2 Å². The average Bonchev–Trinajstić information content (AvgIpc) is 2.99. The molecule has 0 rings (SSSR count). The third-order valence-corrected chi connectivity index (χ3v) is 8.45. The van der Waals surface area contributed by atoms with Crippen LogP contribution in [0.3, 0.4) is 0 Å². The number of hydrogen-bond acceptors (Lipinski definition) is 5. The fourth-order valence-corrected chi connectivity index (χ4v) is 5.60. The van der Waals surface area contributed by atoms with Gasteiger partial charge in [-0.1, -0.05) is 168 Å². The molecule has 0 saturated carbocycles. The van der Waals surface area contributed by atoms with Crippen molar-refractivity contribution < 1.29 is 24.5 Å². The molecule has 42 heavy (non-hydrogen) atoms. The molecule has 250 valence electrons. The fraction of sp³-hybridized carbons (Fsp3) is 0.944. The number of aliphatic hydroxyl groups excluding tert-OH is 2. The van der Waals surface area contributed by atoms with Crippen molar-refractivity contribution in [2.45, 2.75) is 206 Å². The molecule has 0 fully saturated rings. The third-order valence-electron chi connectivity index (χ3n) is 8.45. The minimum Gasteiger partial charge on any atom is -0.458 e. The van der Waals surface area contributed by atoms with Crippen molar-refractivity contribution in [1.82, 2.24) is 5.32 Å². The van der Waals surface area contributed by atoms with Crippen molar-refractivity contribution in [3.05, 3.63) is 0 Å². The summed E-state index contributed by atoms with van der Waals surface area (Å²) in [6, 6.07) is -0.778. The highest BCUT2D eigenvalue weighted by molar-refractivity contribution is 5.76. The van der Waals surface area contributed by atoms with Gasteiger partial charge in [0.15, 0.2) is 0 Å². The number of ether oxygens (including phenoxy) is 1. The van der Waals surface area contributed by atoms with Gasteiger partial charge in [-0.05, 0) is 12.8 Å². The average molecular weight is 598 g/mol. The second-order valence-corrected chi connectivity index (χ2v) is 12.6. The first-order valence-electron chi connectivity index (χ1n) is 18.3. The molecule has 0 radical (unpaired) electrons. The van der Waals surface area contributed by atoms with Crippen LogP contribution in [-0.4, -0.2) is 47.4 Å². The van der Waals surface area contributed by atoms with Gasteiger partial charge in [-0.25, -0.2) is 0 Å². The number of carbonyl (C=O) groups is 2. The molecule has 0 aromatic heterocycles. The lowest BCUT2D eigenvalue weighted by Crippen LogP contribution is -2.49. The van der Waals surface area contributed by atoms with Crippen molar-refractivity contribution in [3.63, 3.8) is 0 Å². The first-order chi connectivity index (χ1) is 20.6. The van der Waals surface area contributed by atoms with E-state index in [0.29, 0.717) is 12.8 Å². The Morgan fingerprint density at radius 1 is 0.500 bits per heavy atom. The Balaban J connectivity index is 3.80. The van der Waals surface area contributed by atoms with Gasteiger partial charge in [-0.3, -0.25) is 9.59 Å². The van der Waals surface area contributed by atoms with Gasteiger partial charge in [0, 0.05) is 12.8 Å². The molecule has 0 heterocycles. The lowest BCUT2D eigenvalue weighted by molar-refractivity contribution is -0.154. The zero-order valence-corrected chi connectivity index (χ0v) is 28.0. The molecule has 0 aliphatic heterocycles. The van der Waals surface area contributed by atoms with Crippen LogP contribution in [0.25, 0.3) is 0 Å². The molecule has 3 N–H and O–H groups in total. The first kappa shape index (κ1) is 40.9. The Morgan fingerprint density at radius 3 is 1.17 bits per heavy atom. The Bertz CT molecular complexity index is 535. The van der Waals surface area contributed by atoms with Crippen LogP contribution in [0.2, 0.25) is 0 Å². The summed E-state index contributed by atoms with van der Waals surface area (Å²) in [7, 11) is 0. The summed E-state index contributed by atoms with van der Waals surface area (Å²) in [5.74, 6) is -0.538. The topological polar surface area (TPSA) is 95.9 Å². The second-order valence-electron chi connectivity index (χ2n) is 12.6. The highest BCUT2D eigenvalue weighted by Gasteiger charge is 2.25. The van der Waals surface area contributed by atoms with Crippen molar-refractivity contribution >= 4 is 11.9 Å². The molecule has 0 bridgehead atoms. The molecule has 0 aromatic rings. The Hall–Kier alpha value is -1.14. The largest absolute Gasteiger partial charge is 0.458 e. The molecule has 2 atom stereocenters. The van der Waals surface area contributed by atoms with E-state index in [1.165, 1.54) is 128 Å². The van der Waals surface area contributed by atoms with Gasteiger partial charge in [0.1, 0.15) is 6.10 Å². The number of unbranched alkanes of at least 4 members (excludes halogenated alkanes) is 24. The summed E-state index contributed by atoms with van der Waals surface area (Å²) in [5.41, 5.74) is 0. The van der Waals surface area contributed by atoms with Crippen LogP contribution in [-0.2, 0) is 14.3 Å². The van der Waals surface area contributed by atoms with Crippen LogP contribution in [0.1, 0.15) is 194 Å². The van der Waals surface area contributed by atoms with E-state index < -0.39 is 18.8 Å². The molecule has 6 heteroatoms. The third kappa shape index (κ3) is 27.7. The maximum absolute atomic E-state index is 12.4. The van der Waals surface area contributed by atoms with Crippen molar-refractivity contribution in [1.29, 1.82) is 0 Å².